The van der Waals surface area contributed by atoms with Crippen LogP contribution in [0.3, 0.4) is 0 Å². The van der Waals surface area contributed by atoms with E-state index in [1.165, 1.54) is 0 Å². The summed E-state index contributed by atoms with van der Waals surface area (Å²) >= 11 is 3.45. The maximum atomic E-state index is 12.3. The van der Waals surface area contributed by atoms with Crippen molar-refractivity contribution in [2.24, 2.45) is 0 Å². The van der Waals surface area contributed by atoms with Crippen LogP contribution in [-0.2, 0) is 0 Å². The van der Waals surface area contributed by atoms with Crippen LogP contribution in [0, 0.1) is 6.92 Å². The summed E-state index contributed by atoms with van der Waals surface area (Å²) in [6, 6.07) is 9.39. The highest BCUT2D eigenvalue weighted by molar-refractivity contribution is 9.10. The lowest BCUT2D eigenvalue weighted by molar-refractivity contribution is 0.102. The monoisotopic (exact) mass is 374 g/mol. The molecule has 3 rings (SSSR count). The topological polar surface area (TPSA) is 57.3 Å². The molecule has 6 heteroatoms. The average molecular weight is 375 g/mol. The van der Waals surface area contributed by atoms with E-state index in [-0.39, 0.29) is 5.91 Å². The zero-order chi connectivity index (χ0) is 16.2. The maximum absolute atomic E-state index is 12.3. The number of nitrogens with one attached hydrogen (secondary N) is 2. The zero-order valence-corrected chi connectivity index (χ0v) is 14.6. The second kappa shape index (κ2) is 7.10. The third-order valence-corrected chi connectivity index (χ3v) is 4.76. The molecule has 120 valence electrons. The van der Waals surface area contributed by atoms with Crippen molar-refractivity contribution in [1.29, 1.82) is 0 Å². The van der Waals surface area contributed by atoms with E-state index in [2.05, 4.69) is 36.4 Å². The van der Waals surface area contributed by atoms with Crippen molar-refractivity contribution in [3.05, 3.63) is 52.1 Å². The number of amides is 1. The van der Waals surface area contributed by atoms with Gasteiger partial charge in [-0.25, -0.2) is 4.98 Å². The lowest BCUT2D eigenvalue weighted by Crippen LogP contribution is -2.43. The summed E-state index contributed by atoms with van der Waals surface area (Å²) in [6.45, 7) is 5.92. The number of pyridine rings is 1. The molecule has 0 atom stereocenters. The van der Waals surface area contributed by atoms with Crippen molar-refractivity contribution in [2.75, 3.05) is 36.4 Å². The van der Waals surface area contributed by atoms with Gasteiger partial charge in [-0.05, 0) is 36.8 Å². The Morgan fingerprint density at radius 3 is 2.70 bits per heavy atom. The van der Waals surface area contributed by atoms with Gasteiger partial charge < -0.3 is 15.5 Å². The summed E-state index contributed by atoms with van der Waals surface area (Å²) < 4.78 is 0.923. The predicted octanol–water partition coefficient (Wildman–Crippen LogP) is 2.81. The van der Waals surface area contributed by atoms with E-state index in [0.717, 1.165) is 41.9 Å². The van der Waals surface area contributed by atoms with Crippen molar-refractivity contribution < 1.29 is 4.79 Å². The number of aromatic nitrogens is 1. The number of piperazine rings is 1. The summed E-state index contributed by atoms with van der Waals surface area (Å²) in [7, 11) is 0. The number of hydrogen-bond acceptors (Lipinski definition) is 4. The van der Waals surface area contributed by atoms with E-state index in [9.17, 15) is 4.79 Å². The average Bonchev–Trinajstić information content (AvgIpc) is 2.59. The molecule has 1 fully saturated rings. The summed E-state index contributed by atoms with van der Waals surface area (Å²) in [6.07, 6.45) is 1.81. The van der Waals surface area contributed by atoms with Gasteiger partial charge in [-0.2, -0.15) is 0 Å². The minimum atomic E-state index is -0.159. The Morgan fingerprint density at radius 2 is 2.04 bits per heavy atom. The predicted molar refractivity (Wildman–Crippen MR) is 96.2 cm³/mol. The highest BCUT2D eigenvalue weighted by atomic mass is 79.9. The van der Waals surface area contributed by atoms with Gasteiger partial charge in [0.15, 0.2) is 0 Å². The summed E-state index contributed by atoms with van der Waals surface area (Å²) in [4.78, 5) is 18.9. The molecule has 0 bridgehead atoms. The van der Waals surface area contributed by atoms with E-state index in [0.29, 0.717) is 11.4 Å². The lowest BCUT2D eigenvalue weighted by Gasteiger charge is -2.29. The standard InChI is InChI=1S/C17H19BrN4O/c1-12-2-3-13(10-15(12)18)17(23)21-16-5-4-14(11-20-16)22-8-6-19-7-9-22/h2-5,10-11,19H,6-9H2,1H3,(H,20,21,23). The summed E-state index contributed by atoms with van der Waals surface area (Å²) in [5.74, 6) is 0.402. The molecule has 0 spiro atoms. The van der Waals surface area contributed by atoms with Gasteiger partial charge in [0.2, 0.25) is 0 Å². The molecular formula is C17H19BrN4O. The molecule has 1 aliphatic rings. The molecule has 2 heterocycles. The van der Waals surface area contributed by atoms with E-state index in [1.807, 2.05) is 43.5 Å². The van der Waals surface area contributed by atoms with E-state index in [4.69, 9.17) is 0 Å². The van der Waals surface area contributed by atoms with Crippen molar-refractivity contribution in [1.82, 2.24) is 10.3 Å². The van der Waals surface area contributed by atoms with Gasteiger partial charge in [0.25, 0.3) is 5.91 Å². The number of halogens is 1. The van der Waals surface area contributed by atoms with Gasteiger partial charge in [-0.3, -0.25) is 4.79 Å². The van der Waals surface area contributed by atoms with E-state index < -0.39 is 0 Å². The molecule has 1 saturated heterocycles. The lowest BCUT2D eigenvalue weighted by atomic mass is 10.1. The Bertz CT molecular complexity index is 696. The number of carbonyl (C=O) groups excluding carboxylic acids is 1. The molecule has 0 saturated carbocycles. The van der Waals surface area contributed by atoms with Gasteiger partial charge >= 0.3 is 0 Å². The molecule has 1 aliphatic heterocycles. The van der Waals surface area contributed by atoms with Crippen molar-refractivity contribution in [2.45, 2.75) is 6.92 Å². The normalized spacial score (nSPS) is 14.6. The second-order valence-electron chi connectivity index (χ2n) is 5.56. The molecule has 0 aliphatic carbocycles. The van der Waals surface area contributed by atoms with Gasteiger partial charge in [0.05, 0.1) is 11.9 Å². The van der Waals surface area contributed by atoms with Crippen LogP contribution < -0.4 is 15.5 Å². The van der Waals surface area contributed by atoms with Gasteiger partial charge in [-0.15, -0.1) is 0 Å². The number of hydrogen-bond donors (Lipinski definition) is 2. The molecule has 5 nitrogen and oxygen atoms in total. The van der Waals surface area contributed by atoms with Crippen LogP contribution >= 0.6 is 15.9 Å². The SMILES string of the molecule is Cc1ccc(C(=O)Nc2ccc(N3CCNCC3)cn2)cc1Br. The first kappa shape index (κ1) is 16.0. The Morgan fingerprint density at radius 1 is 1.26 bits per heavy atom. The van der Waals surface area contributed by atoms with Crippen LogP contribution in [0.25, 0.3) is 0 Å². The molecule has 1 aromatic heterocycles. The largest absolute Gasteiger partial charge is 0.368 e. The molecular weight excluding hydrogens is 356 g/mol. The van der Waals surface area contributed by atoms with Gasteiger partial charge in [-0.1, -0.05) is 22.0 Å². The quantitative estimate of drug-likeness (QED) is 0.866. The third kappa shape index (κ3) is 3.89. The van der Waals surface area contributed by atoms with Crippen LogP contribution in [0.15, 0.2) is 41.0 Å². The molecule has 1 aromatic carbocycles. The van der Waals surface area contributed by atoms with Crippen LogP contribution in [-0.4, -0.2) is 37.1 Å². The van der Waals surface area contributed by atoms with E-state index in [1.54, 1.807) is 0 Å². The fourth-order valence-electron chi connectivity index (χ4n) is 2.49. The highest BCUT2D eigenvalue weighted by Crippen LogP contribution is 2.19. The highest BCUT2D eigenvalue weighted by Gasteiger charge is 2.12. The Kier molecular flexibility index (Phi) is 4.93. The molecule has 0 radical (unpaired) electrons. The van der Waals surface area contributed by atoms with Gasteiger partial charge in [0.1, 0.15) is 5.82 Å². The zero-order valence-electron chi connectivity index (χ0n) is 13.0. The first-order valence-corrected chi connectivity index (χ1v) is 8.42. The second-order valence-corrected chi connectivity index (χ2v) is 6.41. The minimum Gasteiger partial charge on any atom is -0.368 e. The number of rotatable bonds is 3. The molecule has 1 amide bonds. The molecule has 2 aromatic rings. The summed E-state index contributed by atoms with van der Waals surface area (Å²) in [5, 5.41) is 6.16. The van der Waals surface area contributed by atoms with Crippen molar-refractivity contribution >= 4 is 33.3 Å². The van der Waals surface area contributed by atoms with Crippen molar-refractivity contribution in [3.63, 3.8) is 0 Å². The Hall–Kier alpha value is -1.92. The van der Waals surface area contributed by atoms with Crippen LogP contribution in [0.1, 0.15) is 15.9 Å². The summed E-state index contributed by atoms with van der Waals surface area (Å²) in [5.41, 5.74) is 2.79. The number of aryl methyl sites for hydroxylation is 1. The van der Waals surface area contributed by atoms with Crippen LogP contribution in [0.4, 0.5) is 11.5 Å². The van der Waals surface area contributed by atoms with E-state index >= 15 is 0 Å². The number of anilines is 2. The first-order chi connectivity index (χ1) is 11.1. The Labute approximate surface area is 144 Å². The van der Waals surface area contributed by atoms with Crippen LogP contribution in [0.5, 0.6) is 0 Å². The molecule has 23 heavy (non-hydrogen) atoms. The number of nitrogens with zero attached hydrogens (tertiary/aromatic N) is 2. The fraction of sp³-hybridized carbons (Fsp3) is 0.294. The first-order valence-electron chi connectivity index (χ1n) is 7.63. The van der Waals surface area contributed by atoms with Gasteiger partial charge in [0, 0.05) is 36.2 Å². The minimum absolute atomic E-state index is 0.159. The smallest absolute Gasteiger partial charge is 0.256 e. The number of benzene rings is 1. The Balaban J connectivity index is 1.67. The molecule has 0 unspecified atom stereocenters. The van der Waals surface area contributed by atoms with Crippen molar-refractivity contribution in [3.8, 4) is 0 Å². The number of carbonyl (C=O) groups is 1. The fourth-order valence-corrected chi connectivity index (χ4v) is 2.87. The third-order valence-electron chi connectivity index (χ3n) is 3.91. The molecule has 2 N–H and O–H groups in total. The van der Waals surface area contributed by atoms with Crippen LogP contribution in [0.2, 0.25) is 0 Å². The maximum Gasteiger partial charge on any atom is 0.256 e.